The van der Waals surface area contributed by atoms with Gasteiger partial charge in [-0.05, 0) is 25.0 Å². The lowest BCUT2D eigenvalue weighted by atomic mass is 10.2. The zero-order chi connectivity index (χ0) is 13.9. The second-order valence-corrected chi connectivity index (χ2v) is 6.49. The molecule has 1 N–H and O–H groups in total. The van der Waals surface area contributed by atoms with Crippen molar-refractivity contribution in [3.8, 4) is 11.5 Å². The summed E-state index contributed by atoms with van der Waals surface area (Å²) < 4.78 is 37.5. The lowest BCUT2D eigenvalue weighted by Crippen LogP contribution is -2.27. The molecule has 0 radical (unpaired) electrons. The summed E-state index contributed by atoms with van der Waals surface area (Å²) in [6, 6.07) is 5.04. The van der Waals surface area contributed by atoms with Gasteiger partial charge in [0.2, 0.25) is 16.8 Å². The van der Waals surface area contributed by atoms with Gasteiger partial charge in [0.15, 0.2) is 11.5 Å². The number of sulfonamides is 1. The standard InChI is InChI=1S/C13H19NO4S/c1-3-5-11(4-2)19(15,16)14-10-6-7-12-13(8-10)18-9-17-12/h6-8,11,14H,3-5,9H2,1-2H3. The summed E-state index contributed by atoms with van der Waals surface area (Å²) in [6.07, 6.45) is 2.12. The number of hydrogen-bond acceptors (Lipinski definition) is 4. The quantitative estimate of drug-likeness (QED) is 0.873. The fraction of sp³-hybridized carbons (Fsp3) is 0.538. The van der Waals surface area contributed by atoms with Crippen LogP contribution in [0.3, 0.4) is 0 Å². The average Bonchev–Trinajstić information content (AvgIpc) is 2.82. The number of fused-ring (bicyclic) bond motifs is 1. The molecule has 0 bridgehead atoms. The Kier molecular flexibility index (Phi) is 4.19. The average molecular weight is 285 g/mol. The molecular weight excluding hydrogens is 266 g/mol. The van der Waals surface area contributed by atoms with E-state index in [9.17, 15) is 8.42 Å². The minimum absolute atomic E-state index is 0.180. The van der Waals surface area contributed by atoms with Crippen LogP contribution < -0.4 is 14.2 Å². The third-order valence-corrected chi connectivity index (χ3v) is 5.10. The molecule has 0 amide bonds. The van der Waals surface area contributed by atoms with Crippen molar-refractivity contribution < 1.29 is 17.9 Å². The van der Waals surface area contributed by atoms with E-state index in [1.165, 1.54) is 0 Å². The third kappa shape index (κ3) is 3.12. The molecule has 106 valence electrons. The molecule has 2 rings (SSSR count). The van der Waals surface area contributed by atoms with E-state index in [4.69, 9.17) is 9.47 Å². The SMILES string of the molecule is CCCC(CC)S(=O)(=O)Nc1ccc2c(c1)OCO2. The molecule has 1 aromatic rings. The van der Waals surface area contributed by atoms with Crippen molar-refractivity contribution >= 4 is 15.7 Å². The molecule has 0 spiro atoms. The molecule has 0 fully saturated rings. The summed E-state index contributed by atoms with van der Waals surface area (Å²) in [5.74, 6) is 1.22. The van der Waals surface area contributed by atoms with Crippen molar-refractivity contribution in [1.82, 2.24) is 0 Å². The molecule has 1 unspecified atom stereocenters. The number of hydrogen-bond donors (Lipinski definition) is 1. The number of ether oxygens (including phenoxy) is 2. The highest BCUT2D eigenvalue weighted by molar-refractivity contribution is 7.93. The number of benzene rings is 1. The molecule has 1 aromatic carbocycles. The highest BCUT2D eigenvalue weighted by atomic mass is 32.2. The monoisotopic (exact) mass is 285 g/mol. The van der Waals surface area contributed by atoms with E-state index in [2.05, 4.69) is 4.72 Å². The summed E-state index contributed by atoms with van der Waals surface area (Å²) >= 11 is 0. The van der Waals surface area contributed by atoms with Gasteiger partial charge >= 0.3 is 0 Å². The molecule has 0 aliphatic carbocycles. The Morgan fingerprint density at radius 2 is 2.00 bits per heavy atom. The van der Waals surface area contributed by atoms with Crippen LogP contribution in [-0.2, 0) is 10.0 Å². The van der Waals surface area contributed by atoms with Gasteiger partial charge < -0.3 is 9.47 Å². The van der Waals surface area contributed by atoms with Crippen LogP contribution in [0, 0.1) is 0 Å². The van der Waals surface area contributed by atoms with Crippen LogP contribution >= 0.6 is 0 Å². The molecule has 0 saturated carbocycles. The zero-order valence-electron chi connectivity index (χ0n) is 11.2. The molecule has 1 aliphatic rings. The van der Waals surface area contributed by atoms with Gasteiger partial charge in [-0.3, -0.25) is 4.72 Å². The van der Waals surface area contributed by atoms with Gasteiger partial charge in [0.05, 0.1) is 10.9 Å². The first-order chi connectivity index (χ1) is 9.06. The topological polar surface area (TPSA) is 64.6 Å². The fourth-order valence-corrected chi connectivity index (χ4v) is 3.72. The summed E-state index contributed by atoms with van der Waals surface area (Å²) in [6.45, 7) is 4.05. The van der Waals surface area contributed by atoms with Crippen LogP contribution in [0.1, 0.15) is 33.1 Å². The predicted octanol–water partition coefficient (Wildman–Crippen LogP) is 2.74. The van der Waals surface area contributed by atoms with Crippen LogP contribution in [0.15, 0.2) is 18.2 Å². The highest BCUT2D eigenvalue weighted by Gasteiger charge is 2.23. The smallest absolute Gasteiger partial charge is 0.235 e. The van der Waals surface area contributed by atoms with Gasteiger partial charge in [-0.15, -0.1) is 0 Å². The van der Waals surface area contributed by atoms with Crippen molar-refractivity contribution in [1.29, 1.82) is 0 Å². The van der Waals surface area contributed by atoms with Crippen molar-refractivity contribution in [3.05, 3.63) is 18.2 Å². The van der Waals surface area contributed by atoms with E-state index in [0.29, 0.717) is 30.0 Å². The minimum atomic E-state index is -3.35. The third-order valence-electron chi connectivity index (χ3n) is 3.14. The lowest BCUT2D eigenvalue weighted by molar-refractivity contribution is 0.174. The van der Waals surface area contributed by atoms with Gasteiger partial charge in [-0.2, -0.15) is 0 Å². The predicted molar refractivity (Wildman–Crippen MR) is 74.1 cm³/mol. The Labute approximate surface area is 114 Å². The number of rotatable bonds is 6. The Morgan fingerprint density at radius 1 is 1.26 bits per heavy atom. The Balaban J connectivity index is 2.15. The van der Waals surface area contributed by atoms with Gasteiger partial charge in [-0.25, -0.2) is 8.42 Å². The van der Waals surface area contributed by atoms with E-state index < -0.39 is 10.0 Å². The number of anilines is 1. The molecule has 1 heterocycles. The van der Waals surface area contributed by atoms with Crippen LogP contribution in [0.4, 0.5) is 5.69 Å². The molecule has 19 heavy (non-hydrogen) atoms. The Hall–Kier alpha value is -1.43. The largest absolute Gasteiger partial charge is 0.454 e. The molecule has 5 nitrogen and oxygen atoms in total. The lowest BCUT2D eigenvalue weighted by Gasteiger charge is -2.16. The highest BCUT2D eigenvalue weighted by Crippen LogP contribution is 2.34. The molecule has 0 aromatic heterocycles. The maximum Gasteiger partial charge on any atom is 0.235 e. The maximum atomic E-state index is 12.2. The fourth-order valence-electron chi connectivity index (χ4n) is 2.11. The van der Waals surface area contributed by atoms with Crippen LogP contribution in [-0.4, -0.2) is 20.5 Å². The van der Waals surface area contributed by atoms with E-state index in [0.717, 1.165) is 6.42 Å². The van der Waals surface area contributed by atoms with Crippen molar-refractivity contribution in [3.63, 3.8) is 0 Å². The van der Waals surface area contributed by atoms with E-state index in [1.807, 2.05) is 13.8 Å². The van der Waals surface area contributed by atoms with Crippen molar-refractivity contribution in [2.45, 2.75) is 38.4 Å². The van der Waals surface area contributed by atoms with Gasteiger partial charge in [-0.1, -0.05) is 20.3 Å². The Bertz CT molecular complexity index is 542. The van der Waals surface area contributed by atoms with Crippen molar-refractivity contribution in [2.24, 2.45) is 0 Å². The first kappa shape index (κ1) is 14.0. The first-order valence-corrected chi connectivity index (χ1v) is 8.02. The van der Waals surface area contributed by atoms with E-state index >= 15 is 0 Å². The molecule has 1 aliphatic heterocycles. The molecular formula is C13H19NO4S. The van der Waals surface area contributed by atoms with Crippen LogP contribution in [0.5, 0.6) is 11.5 Å². The van der Waals surface area contributed by atoms with E-state index in [1.54, 1.807) is 18.2 Å². The molecule has 1 atom stereocenters. The second-order valence-electron chi connectivity index (χ2n) is 4.53. The summed E-state index contributed by atoms with van der Waals surface area (Å²) in [7, 11) is -3.35. The Morgan fingerprint density at radius 3 is 2.68 bits per heavy atom. The van der Waals surface area contributed by atoms with Gasteiger partial charge in [0.25, 0.3) is 0 Å². The van der Waals surface area contributed by atoms with Crippen LogP contribution in [0.25, 0.3) is 0 Å². The van der Waals surface area contributed by atoms with Crippen molar-refractivity contribution in [2.75, 3.05) is 11.5 Å². The summed E-state index contributed by atoms with van der Waals surface area (Å²) in [4.78, 5) is 0. The van der Waals surface area contributed by atoms with Gasteiger partial charge in [0, 0.05) is 6.07 Å². The van der Waals surface area contributed by atoms with E-state index in [-0.39, 0.29) is 12.0 Å². The maximum absolute atomic E-state index is 12.2. The number of nitrogens with one attached hydrogen (secondary N) is 1. The summed E-state index contributed by atoms with van der Waals surface area (Å²) in [5, 5.41) is -0.358. The minimum Gasteiger partial charge on any atom is -0.454 e. The first-order valence-electron chi connectivity index (χ1n) is 6.48. The molecule has 0 saturated heterocycles. The molecule has 6 heteroatoms. The zero-order valence-corrected chi connectivity index (χ0v) is 12.0. The van der Waals surface area contributed by atoms with Gasteiger partial charge in [0.1, 0.15) is 0 Å². The second kappa shape index (κ2) is 5.69. The normalized spacial score (nSPS) is 15.3. The van der Waals surface area contributed by atoms with Crippen LogP contribution in [0.2, 0.25) is 0 Å². The summed E-state index contributed by atoms with van der Waals surface area (Å²) in [5.41, 5.74) is 0.513.